The number of carboxylic acid groups (broad SMARTS) is 1. The Morgan fingerprint density at radius 1 is 0.475 bits per heavy atom. The zero-order valence-corrected chi connectivity index (χ0v) is 28.4. The Bertz CT molecular complexity index is 551. The predicted octanol–water partition coefficient (Wildman–Crippen LogP) is 11.6. The molecule has 1 atom stereocenters. The lowest BCUT2D eigenvalue weighted by Crippen LogP contribution is -2.13. The first kappa shape index (κ1) is 41.1. The molecule has 0 aliphatic carbocycles. The Labute approximate surface area is 251 Å². The van der Waals surface area contributed by atoms with Gasteiger partial charge in [0.15, 0.2) is 0 Å². The average molecular weight is 569 g/mol. The number of unbranched alkanes of at least 4 members (excludes halogenated alkanes) is 9. The van der Waals surface area contributed by atoms with Crippen LogP contribution in [-0.2, 0) is 14.3 Å². The largest absolute Gasteiger partial charge is 0.481 e. The fourth-order valence-electron chi connectivity index (χ4n) is 4.90. The Kier molecular flexibility index (Phi) is 30.2. The van der Waals surface area contributed by atoms with Gasteiger partial charge in [-0.05, 0) is 49.4 Å². The molecule has 4 heteroatoms. The van der Waals surface area contributed by atoms with Crippen LogP contribution in [0.15, 0.2) is 0 Å². The molecule has 0 amide bonds. The fraction of sp³-hybridized carbons (Fsp3) is 0.944. The zero-order valence-electron chi connectivity index (χ0n) is 28.4. The van der Waals surface area contributed by atoms with E-state index < -0.39 is 5.97 Å². The van der Waals surface area contributed by atoms with E-state index in [-0.39, 0.29) is 11.9 Å². The molecule has 0 aromatic heterocycles. The minimum absolute atomic E-state index is 0.00303. The summed E-state index contributed by atoms with van der Waals surface area (Å²) in [5.74, 6) is 2.42. The zero-order chi connectivity index (χ0) is 30.6. The van der Waals surface area contributed by atoms with E-state index in [1.165, 1.54) is 77.0 Å². The molecule has 0 spiro atoms. The second-order valence-electron chi connectivity index (χ2n) is 13.9. The van der Waals surface area contributed by atoms with Crippen LogP contribution in [0.3, 0.4) is 0 Å². The van der Waals surface area contributed by atoms with Gasteiger partial charge in [-0.15, -0.1) is 0 Å². The van der Waals surface area contributed by atoms with Gasteiger partial charge in [-0.3, -0.25) is 9.59 Å². The predicted molar refractivity (Wildman–Crippen MR) is 174 cm³/mol. The van der Waals surface area contributed by atoms with Gasteiger partial charge in [0, 0.05) is 6.42 Å². The molecular formula is C36H72O4. The fourth-order valence-corrected chi connectivity index (χ4v) is 4.90. The SMILES string of the molecule is CC(C)CCCCCCC(CCCCC(C)C)C(=O)O.CC(C)CCCCCCOC(=O)CCCCCC(C)C. The number of hydrogen-bond acceptors (Lipinski definition) is 3. The van der Waals surface area contributed by atoms with E-state index in [9.17, 15) is 14.7 Å². The van der Waals surface area contributed by atoms with Crippen molar-refractivity contribution >= 4 is 11.9 Å². The number of carbonyl (C=O) groups is 2. The van der Waals surface area contributed by atoms with Crippen LogP contribution in [0.2, 0.25) is 0 Å². The van der Waals surface area contributed by atoms with Crippen molar-refractivity contribution in [2.24, 2.45) is 29.6 Å². The van der Waals surface area contributed by atoms with Crippen molar-refractivity contribution in [3.8, 4) is 0 Å². The molecule has 0 bridgehead atoms. The van der Waals surface area contributed by atoms with Crippen molar-refractivity contribution in [1.29, 1.82) is 0 Å². The third kappa shape index (κ3) is 35.0. The summed E-state index contributed by atoms with van der Waals surface area (Å²) in [6, 6.07) is 0. The highest BCUT2D eigenvalue weighted by atomic mass is 16.5. The molecule has 4 nitrogen and oxygen atoms in total. The molecule has 0 aromatic carbocycles. The number of aliphatic carboxylic acids is 1. The monoisotopic (exact) mass is 569 g/mol. The number of esters is 1. The number of carbonyl (C=O) groups excluding carboxylic acids is 1. The molecule has 0 radical (unpaired) electrons. The molecule has 0 aromatic rings. The smallest absolute Gasteiger partial charge is 0.306 e. The van der Waals surface area contributed by atoms with Crippen molar-refractivity contribution in [3.63, 3.8) is 0 Å². The summed E-state index contributed by atoms with van der Waals surface area (Å²) in [7, 11) is 0. The number of carboxylic acids is 1. The molecule has 0 rings (SSSR count). The molecule has 40 heavy (non-hydrogen) atoms. The lowest BCUT2D eigenvalue weighted by atomic mass is 9.93. The summed E-state index contributed by atoms with van der Waals surface area (Å²) < 4.78 is 5.26. The third-order valence-corrected chi connectivity index (χ3v) is 7.62. The van der Waals surface area contributed by atoms with Gasteiger partial charge < -0.3 is 9.84 Å². The van der Waals surface area contributed by atoms with E-state index in [4.69, 9.17) is 4.74 Å². The summed E-state index contributed by atoms with van der Waals surface area (Å²) >= 11 is 0. The highest BCUT2D eigenvalue weighted by Crippen LogP contribution is 2.20. The minimum atomic E-state index is -0.586. The van der Waals surface area contributed by atoms with E-state index in [2.05, 4.69) is 55.4 Å². The topological polar surface area (TPSA) is 63.6 Å². The summed E-state index contributed by atoms with van der Waals surface area (Å²) in [6.07, 6.45) is 22.7. The minimum Gasteiger partial charge on any atom is -0.481 e. The lowest BCUT2D eigenvalue weighted by molar-refractivity contribution is -0.144. The average Bonchev–Trinajstić information content (AvgIpc) is 2.86. The summed E-state index contributed by atoms with van der Waals surface area (Å²) in [5, 5.41) is 9.26. The Hall–Kier alpha value is -1.06. The van der Waals surface area contributed by atoms with Crippen molar-refractivity contribution < 1.29 is 19.4 Å². The van der Waals surface area contributed by atoms with Gasteiger partial charge in [0.1, 0.15) is 0 Å². The van der Waals surface area contributed by atoms with Crippen molar-refractivity contribution in [2.45, 2.75) is 184 Å². The number of hydrogen-bond donors (Lipinski definition) is 1. The van der Waals surface area contributed by atoms with Gasteiger partial charge in [0.05, 0.1) is 12.5 Å². The summed E-state index contributed by atoms with van der Waals surface area (Å²) in [5.41, 5.74) is 0. The van der Waals surface area contributed by atoms with Gasteiger partial charge in [0.2, 0.25) is 0 Å². The molecule has 1 N–H and O–H groups in total. The molecule has 240 valence electrons. The molecule has 0 heterocycles. The molecule has 0 saturated carbocycles. The van der Waals surface area contributed by atoms with Gasteiger partial charge in [-0.25, -0.2) is 0 Å². The van der Waals surface area contributed by atoms with E-state index in [1.54, 1.807) is 0 Å². The first-order valence-electron chi connectivity index (χ1n) is 17.3. The number of rotatable bonds is 26. The maximum absolute atomic E-state index is 11.5. The number of ether oxygens (including phenoxy) is 1. The molecule has 0 aliphatic rings. The first-order valence-corrected chi connectivity index (χ1v) is 17.3. The van der Waals surface area contributed by atoms with Crippen LogP contribution in [0, 0.1) is 29.6 Å². The quantitative estimate of drug-likeness (QED) is 0.0832. The van der Waals surface area contributed by atoms with Gasteiger partial charge in [-0.2, -0.15) is 0 Å². The van der Waals surface area contributed by atoms with Crippen molar-refractivity contribution in [1.82, 2.24) is 0 Å². The van der Waals surface area contributed by atoms with E-state index in [1.807, 2.05) is 0 Å². The second kappa shape index (κ2) is 29.4. The van der Waals surface area contributed by atoms with Crippen molar-refractivity contribution in [2.75, 3.05) is 6.61 Å². The van der Waals surface area contributed by atoms with Crippen LogP contribution in [0.5, 0.6) is 0 Å². The van der Waals surface area contributed by atoms with E-state index >= 15 is 0 Å². The normalized spacial score (nSPS) is 12.2. The molecular weight excluding hydrogens is 496 g/mol. The van der Waals surface area contributed by atoms with Crippen molar-refractivity contribution in [3.05, 3.63) is 0 Å². The first-order chi connectivity index (χ1) is 19.0. The van der Waals surface area contributed by atoms with Crippen LogP contribution in [-0.4, -0.2) is 23.7 Å². The van der Waals surface area contributed by atoms with E-state index in [0.717, 1.165) is 68.6 Å². The summed E-state index contributed by atoms with van der Waals surface area (Å²) in [6.45, 7) is 18.6. The Morgan fingerprint density at radius 2 is 0.800 bits per heavy atom. The maximum Gasteiger partial charge on any atom is 0.306 e. The molecule has 0 aliphatic heterocycles. The molecule has 0 saturated heterocycles. The highest BCUT2D eigenvalue weighted by Gasteiger charge is 2.16. The highest BCUT2D eigenvalue weighted by molar-refractivity contribution is 5.69. The van der Waals surface area contributed by atoms with E-state index in [0.29, 0.717) is 13.0 Å². The van der Waals surface area contributed by atoms with Crippen LogP contribution >= 0.6 is 0 Å². The van der Waals surface area contributed by atoms with Crippen LogP contribution in [0.1, 0.15) is 184 Å². The molecule has 1 unspecified atom stereocenters. The summed E-state index contributed by atoms with van der Waals surface area (Å²) in [4.78, 5) is 22.7. The maximum atomic E-state index is 11.5. The second-order valence-corrected chi connectivity index (χ2v) is 13.9. The van der Waals surface area contributed by atoms with Gasteiger partial charge in [-0.1, -0.05) is 152 Å². The Balaban J connectivity index is 0. The Morgan fingerprint density at radius 3 is 1.20 bits per heavy atom. The van der Waals surface area contributed by atoms with Gasteiger partial charge in [0.25, 0.3) is 0 Å². The van der Waals surface area contributed by atoms with Crippen LogP contribution in [0.25, 0.3) is 0 Å². The van der Waals surface area contributed by atoms with Crippen LogP contribution < -0.4 is 0 Å². The third-order valence-electron chi connectivity index (χ3n) is 7.62. The molecule has 0 fully saturated rings. The standard InChI is InChI=1S/2C18H36O2/c1-16(2)12-8-5-6-11-15-20-18(19)14-10-7-9-13-17(3)4;1-15(2)11-7-5-6-8-13-17(18(19)20)14-10-9-12-16(3)4/h16-17H,5-15H2,1-4H3;15-17H,5-14H2,1-4H3,(H,19,20). The van der Waals surface area contributed by atoms with Crippen LogP contribution in [0.4, 0.5) is 0 Å². The van der Waals surface area contributed by atoms with Gasteiger partial charge >= 0.3 is 11.9 Å². The lowest BCUT2D eigenvalue weighted by Gasteiger charge is -2.12.